The highest BCUT2D eigenvalue weighted by atomic mass is 16.1. The maximum absolute atomic E-state index is 11.6. The monoisotopic (exact) mass is 253 g/mol. The van der Waals surface area contributed by atoms with Crippen LogP contribution in [0.4, 0.5) is 0 Å². The summed E-state index contributed by atoms with van der Waals surface area (Å²) in [6, 6.07) is 0.675. The standard InChI is InChI=1S/C14H27N3O/c1-16-14(18)11-6-8-17(9-7-11)13-5-3-2-4-12(13)10-15/h11-13H,2-10,15H2,1H3,(H,16,18). The van der Waals surface area contributed by atoms with E-state index in [4.69, 9.17) is 5.73 Å². The first-order chi connectivity index (χ1) is 8.76. The Hall–Kier alpha value is -0.610. The summed E-state index contributed by atoms with van der Waals surface area (Å²) in [5.41, 5.74) is 5.91. The Morgan fingerprint density at radius 1 is 1.22 bits per heavy atom. The van der Waals surface area contributed by atoms with Crippen LogP contribution in [-0.2, 0) is 4.79 Å². The molecule has 0 aromatic rings. The molecule has 0 aromatic carbocycles. The minimum atomic E-state index is 0.216. The minimum Gasteiger partial charge on any atom is -0.359 e. The first-order valence-corrected chi connectivity index (χ1v) is 7.42. The molecule has 18 heavy (non-hydrogen) atoms. The summed E-state index contributed by atoms with van der Waals surface area (Å²) < 4.78 is 0. The molecule has 1 aliphatic heterocycles. The Morgan fingerprint density at radius 3 is 2.50 bits per heavy atom. The molecule has 0 aromatic heterocycles. The normalized spacial score (nSPS) is 31.2. The maximum Gasteiger partial charge on any atom is 0.222 e. The lowest BCUT2D eigenvalue weighted by Crippen LogP contribution is -2.49. The highest BCUT2D eigenvalue weighted by Crippen LogP contribution is 2.30. The van der Waals surface area contributed by atoms with E-state index >= 15 is 0 Å². The molecule has 4 heteroatoms. The second-order valence-electron chi connectivity index (χ2n) is 5.77. The number of carbonyl (C=O) groups is 1. The summed E-state index contributed by atoms with van der Waals surface area (Å²) in [5.74, 6) is 1.12. The number of nitrogens with one attached hydrogen (secondary N) is 1. The molecule has 1 aliphatic carbocycles. The molecule has 3 N–H and O–H groups in total. The van der Waals surface area contributed by atoms with E-state index in [1.54, 1.807) is 7.05 Å². The van der Waals surface area contributed by atoms with E-state index in [2.05, 4.69) is 10.2 Å². The van der Waals surface area contributed by atoms with Gasteiger partial charge in [-0.05, 0) is 51.2 Å². The first-order valence-electron chi connectivity index (χ1n) is 7.42. The summed E-state index contributed by atoms with van der Waals surface area (Å²) in [4.78, 5) is 14.2. The fraction of sp³-hybridized carbons (Fsp3) is 0.929. The van der Waals surface area contributed by atoms with Crippen molar-refractivity contribution >= 4 is 5.91 Å². The number of likely N-dealkylation sites (tertiary alicyclic amines) is 1. The molecule has 0 radical (unpaired) electrons. The van der Waals surface area contributed by atoms with E-state index in [-0.39, 0.29) is 11.8 Å². The molecule has 1 saturated heterocycles. The van der Waals surface area contributed by atoms with Crippen LogP contribution in [0.25, 0.3) is 0 Å². The van der Waals surface area contributed by atoms with Crippen LogP contribution in [0.15, 0.2) is 0 Å². The lowest BCUT2D eigenvalue weighted by atomic mass is 9.82. The van der Waals surface area contributed by atoms with Gasteiger partial charge in [-0.15, -0.1) is 0 Å². The van der Waals surface area contributed by atoms with Gasteiger partial charge in [0.25, 0.3) is 0 Å². The second kappa shape index (κ2) is 6.53. The zero-order valence-corrected chi connectivity index (χ0v) is 11.5. The van der Waals surface area contributed by atoms with Crippen LogP contribution in [0, 0.1) is 11.8 Å². The highest BCUT2D eigenvalue weighted by molar-refractivity contribution is 5.78. The molecule has 1 heterocycles. The van der Waals surface area contributed by atoms with Crippen LogP contribution in [0.5, 0.6) is 0 Å². The number of nitrogens with two attached hydrogens (primary N) is 1. The molecule has 1 saturated carbocycles. The molecule has 104 valence electrons. The molecular formula is C14H27N3O. The Labute approximate surface area is 110 Å². The Balaban J connectivity index is 1.86. The zero-order valence-electron chi connectivity index (χ0n) is 11.5. The third-order valence-corrected chi connectivity index (χ3v) is 4.79. The predicted molar refractivity (Wildman–Crippen MR) is 73.2 cm³/mol. The highest BCUT2D eigenvalue weighted by Gasteiger charge is 2.33. The van der Waals surface area contributed by atoms with Gasteiger partial charge in [0, 0.05) is 19.0 Å². The van der Waals surface area contributed by atoms with E-state index in [1.165, 1.54) is 25.7 Å². The Morgan fingerprint density at radius 2 is 1.89 bits per heavy atom. The number of carbonyl (C=O) groups excluding carboxylic acids is 1. The van der Waals surface area contributed by atoms with Crippen LogP contribution in [0.3, 0.4) is 0 Å². The molecule has 2 aliphatic rings. The van der Waals surface area contributed by atoms with Crippen molar-refractivity contribution in [3.63, 3.8) is 0 Å². The van der Waals surface area contributed by atoms with E-state index < -0.39 is 0 Å². The quantitative estimate of drug-likeness (QED) is 0.788. The molecule has 2 fully saturated rings. The number of rotatable bonds is 3. The number of hydrogen-bond donors (Lipinski definition) is 2. The molecule has 1 amide bonds. The molecule has 2 atom stereocenters. The Bertz CT molecular complexity index is 274. The van der Waals surface area contributed by atoms with E-state index in [9.17, 15) is 4.79 Å². The van der Waals surface area contributed by atoms with Gasteiger partial charge >= 0.3 is 0 Å². The molecule has 2 rings (SSSR count). The van der Waals surface area contributed by atoms with Gasteiger partial charge < -0.3 is 16.0 Å². The van der Waals surface area contributed by atoms with Crippen LogP contribution in [0.2, 0.25) is 0 Å². The number of hydrogen-bond acceptors (Lipinski definition) is 3. The second-order valence-corrected chi connectivity index (χ2v) is 5.77. The van der Waals surface area contributed by atoms with Crippen molar-refractivity contribution in [3.05, 3.63) is 0 Å². The number of piperidine rings is 1. The molecular weight excluding hydrogens is 226 g/mol. The van der Waals surface area contributed by atoms with Gasteiger partial charge in [-0.2, -0.15) is 0 Å². The molecule has 2 unspecified atom stereocenters. The summed E-state index contributed by atoms with van der Waals surface area (Å²) >= 11 is 0. The van der Waals surface area contributed by atoms with Crippen molar-refractivity contribution < 1.29 is 4.79 Å². The summed E-state index contributed by atoms with van der Waals surface area (Å²) in [7, 11) is 1.74. The van der Waals surface area contributed by atoms with E-state index in [0.29, 0.717) is 12.0 Å². The summed E-state index contributed by atoms with van der Waals surface area (Å²) in [6.45, 7) is 2.96. The average molecular weight is 253 g/mol. The van der Waals surface area contributed by atoms with Crippen molar-refractivity contribution in [1.82, 2.24) is 10.2 Å². The Kier molecular flexibility index (Phi) is 5.01. The molecule has 0 bridgehead atoms. The van der Waals surface area contributed by atoms with Crippen molar-refractivity contribution in [3.8, 4) is 0 Å². The summed E-state index contributed by atoms with van der Waals surface area (Å²) in [6.07, 6.45) is 7.29. The van der Waals surface area contributed by atoms with Gasteiger partial charge in [0.05, 0.1) is 0 Å². The predicted octanol–water partition coefficient (Wildman–Crippen LogP) is 0.962. The maximum atomic E-state index is 11.6. The third kappa shape index (κ3) is 3.04. The van der Waals surface area contributed by atoms with Crippen LogP contribution in [-0.4, -0.2) is 43.5 Å². The van der Waals surface area contributed by atoms with Gasteiger partial charge in [0.2, 0.25) is 5.91 Å². The average Bonchev–Trinajstić information content (AvgIpc) is 2.46. The summed E-state index contributed by atoms with van der Waals surface area (Å²) in [5, 5.41) is 2.77. The fourth-order valence-electron chi connectivity index (χ4n) is 3.64. The lowest BCUT2D eigenvalue weighted by molar-refractivity contribution is -0.126. The topological polar surface area (TPSA) is 58.4 Å². The largest absolute Gasteiger partial charge is 0.359 e. The first kappa shape index (κ1) is 13.8. The van der Waals surface area contributed by atoms with Gasteiger partial charge in [-0.25, -0.2) is 0 Å². The van der Waals surface area contributed by atoms with Crippen LogP contribution < -0.4 is 11.1 Å². The van der Waals surface area contributed by atoms with Gasteiger partial charge in [0.1, 0.15) is 0 Å². The van der Waals surface area contributed by atoms with Crippen LogP contribution in [0.1, 0.15) is 38.5 Å². The third-order valence-electron chi connectivity index (χ3n) is 4.79. The van der Waals surface area contributed by atoms with E-state index in [0.717, 1.165) is 32.5 Å². The molecule has 4 nitrogen and oxygen atoms in total. The van der Waals surface area contributed by atoms with Gasteiger partial charge in [-0.1, -0.05) is 12.8 Å². The van der Waals surface area contributed by atoms with Crippen molar-refractivity contribution in [2.75, 3.05) is 26.7 Å². The lowest BCUT2D eigenvalue weighted by Gasteiger charge is -2.42. The van der Waals surface area contributed by atoms with Gasteiger partial charge in [0.15, 0.2) is 0 Å². The fourth-order valence-corrected chi connectivity index (χ4v) is 3.64. The molecule has 0 spiro atoms. The smallest absolute Gasteiger partial charge is 0.222 e. The van der Waals surface area contributed by atoms with Crippen molar-refractivity contribution in [2.45, 2.75) is 44.6 Å². The zero-order chi connectivity index (χ0) is 13.0. The number of nitrogens with zero attached hydrogens (tertiary/aromatic N) is 1. The van der Waals surface area contributed by atoms with Crippen molar-refractivity contribution in [2.24, 2.45) is 17.6 Å². The van der Waals surface area contributed by atoms with Crippen LogP contribution >= 0.6 is 0 Å². The van der Waals surface area contributed by atoms with Gasteiger partial charge in [-0.3, -0.25) is 4.79 Å². The van der Waals surface area contributed by atoms with Crippen molar-refractivity contribution in [1.29, 1.82) is 0 Å². The number of amides is 1. The van der Waals surface area contributed by atoms with E-state index in [1.807, 2.05) is 0 Å². The minimum absolute atomic E-state index is 0.216. The SMILES string of the molecule is CNC(=O)C1CCN(C2CCCCC2CN)CC1.